The van der Waals surface area contributed by atoms with Gasteiger partial charge in [-0.1, -0.05) is 30.8 Å². The van der Waals surface area contributed by atoms with Crippen LogP contribution in [0.15, 0.2) is 84.1 Å². The Morgan fingerprint density at radius 2 is 1.73 bits per heavy atom. The standard InChI is InChI=1S/C29H27F3N6O5S/c1-3-41-25-8-6-5-7-24(25)37(19-39)28(44-4-2)35-27(40)34-18-42-22-13-9-20(10-14-22)26-33-17-38(36-26)21-11-15-23(16-12-21)43-29(30,31)32/h5-17,19H,3-4,18H2,1-2H3,(H,34,40)/b35-28-. The molecule has 0 radical (unpaired) electrons. The van der Waals surface area contributed by atoms with E-state index < -0.39 is 12.4 Å². The van der Waals surface area contributed by atoms with Gasteiger partial charge in [0.1, 0.15) is 23.6 Å². The number of carbonyl (C=O) groups excluding carboxylic acids is 2. The Hall–Kier alpha value is -5.05. The van der Waals surface area contributed by atoms with Crippen molar-refractivity contribution in [1.82, 2.24) is 20.1 Å². The van der Waals surface area contributed by atoms with Crippen LogP contribution in [0.4, 0.5) is 23.7 Å². The predicted molar refractivity (Wildman–Crippen MR) is 159 cm³/mol. The molecule has 0 unspecified atom stereocenters. The number of alkyl halides is 3. The zero-order valence-corrected chi connectivity index (χ0v) is 24.3. The molecule has 0 saturated heterocycles. The number of hydrogen-bond acceptors (Lipinski definition) is 8. The third kappa shape index (κ3) is 8.73. The Morgan fingerprint density at radius 3 is 2.39 bits per heavy atom. The molecule has 0 aliphatic rings. The SMILES string of the molecule is CCOc1ccccc1N(C=O)/C(=N/C(=O)NCOc1ccc(-c2ncn(-c3ccc(OC(F)(F)F)cc3)n2)cc1)SCC. The van der Waals surface area contributed by atoms with Gasteiger partial charge in [-0.05, 0) is 73.3 Å². The van der Waals surface area contributed by atoms with Crippen LogP contribution in [0.2, 0.25) is 0 Å². The number of rotatable bonds is 11. The summed E-state index contributed by atoms with van der Waals surface area (Å²) < 4.78 is 53.7. The molecule has 1 heterocycles. The molecule has 1 aromatic heterocycles. The molecule has 0 aliphatic carbocycles. The van der Waals surface area contributed by atoms with Crippen molar-refractivity contribution in [2.75, 3.05) is 24.0 Å². The quantitative estimate of drug-likeness (QED) is 0.0923. The Morgan fingerprint density at radius 1 is 1.02 bits per heavy atom. The molecule has 0 spiro atoms. The number of hydrogen-bond donors (Lipinski definition) is 1. The summed E-state index contributed by atoms with van der Waals surface area (Å²) >= 11 is 1.22. The van der Waals surface area contributed by atoms with Gasteiger partial charge in [0.15, 0.2) is 17.7 Å². The molecule has 11 nitrogen and oxygen atoms in total. The fourth-order valence-electron chi connectivity index (χ4n) is 3.75. The summed E-state index contributed by atoms with van der Waals surface area (Å²) in [6, 6.07) is 18.2. The first kappa shape index (κ1) is 31.9. The van der Waals surface area contributed by atoms with Crippen molar-refractivity contribution in [1.29, 1.82) is 0 Å². The maximum absolute atomic E-state index is 12.6. The summed E-state index contributed by atoms with van der Waals surface area (Å²) in [7, 11) is 0. The number of halogens is 3. The molecule has 4 rings (SSSR count). The van der Waals surface area contributed by atoms with Gasteiger partial charge in [-0.3, -0.25) is 9.69 Å². The van der Waals surface area contributed by atoms with E-state index in [0.29, 0.717) is 53.0 Å². The van der Waals surface area contributed by atoms with E-state index in [0.717, 1.165) is 0 Å². The second kappa shape index (κ2) is 14.9. The molecule has 0 aliphatic heterocycles. The van der Waals surface area contributed by atoms with Gasteiger partial charge in [-0.15, -0.1) is 18.3 Å². The first-order valence-corrected chi connectivity index (χ1v) is 14.2. The molecule has 0 fully saturated rings. The molecule has 15 heteroatoms. The van der Waals surface area contributed by atoms with Crippen molar-refractivity contribution >= 4 is 35.1 Å². The average Bonchev–Trinajstić information content (AvgIpc) is 3.49. The molecule has 0 bridgehead atoms. The fourth-order valence-corrected chi connectivity index (χ4v) is 4.44. The summed E-state index contributed by atoms with van der Waals surface area (Å²) in [4.78, 5) is 34.1. The van der Waals surface area contributed by atoms with E-state index in [1.54, 1.807) is 48.5 Å². The Bertz CT molecular complexity index is 1580. The Kier molecular flexibility index (Phi) is 10.8. The summed E-state index contributed by atoms with van der Waals surface area (Å²) in [5, 5.41) is 7.08. The normalized spacial score (nSPS) is 11.5. The van der Waals surface area contributed by atoms with Crippen molar-refractivity contribution < 1.29 is 37.0 Å². The van der Waals surface area contributed by atoms with Gasteiger partial charge in [-0.25, -0.2) is 14.5 Å². The van der Waals surface area contributed by atoms with E-state index >= 15 is 0 Å². The topological polar surface area (TPSA) is 120 Å². The second-order valence-corrected chi connectivity index (χ2v) is 9.78. The number of para-hydroxylation sites is 2. The third-order valence-electron chi connectivity index (χ3n) is 5.61. The van der Waals surface area contributed by atoms with Crippen LogP contribution >= 0.6 is 11.8 Å². The number of aromatic nitrogens is 3. The summed E-state index contributed by atoms with van der Waals surface area (Å²) in [5.74, 6) is 1.52. The summed E-state index contributed by atoms with van der Waals surface area (Å²) in [5.41, 5.74) is 1.61. The second-order valence-electron chi connectivity index (χ2n) is 8.55. The number of anilines is 1. The molecule has 230 valence electrons. The van der Waals surface area contributed by atoms with Gasteiger partial charge in [0.2, 0.25) is 6.41 Å². The molecular formula is C29H27F3N6O5S. The van der Waals surface area contributed by atoms with Crippen LogP contribution in [0.3, 0.4) is 0 Å². The smallest absolute Gasteiger partial charge is 0.492 e. The number of thioether (sulfide) groups is 1. The largest absolute Gasteiger partial charge is 0.573 e. The van der Waals surface area contributed by atoms with Crippen LogP contribution in [0.5, 0.6) is 17.2 Å². The lowest BCUT2D eigenvalue weighted by molar-refractivity contribution is -0.274. The predicted octanol–water partition coefficient (Wildman–Crippen LogP) is 6.05. The lowest BCUT2D eigenvalue weighted by atomic mass is 10.2. The van der Waals surface area contributed by atoms with E-state index in [1.165, 1.54) is 51.9 Å². The zero-order valence-electron chi connectivity index (χ0n) is 23.5. The van der Waals surface area contributed by atoms with Crippen molar-refractivity contribution in [2.24, 2.45) is 4.99 Å². The Labute approximate surface area is 254 Å². The van der Waals surface area contributed by atoms with Crippen molar-refractivity contribution in [3.05, 3.63) is 79.1 Å². The van der Waals surface area contributed by atoms with Gasteiger partial charge in [0.05, 0.1) is 18.0 Å². The highest BCUT2D eigenvalue weighted by Crippen LogP contribution is 2.30. The molecule has 3 amide bonds. The lowest BCUT2D eigenvalue weighted by Gasteiger charge is -2.21. The highest BCUT2D eigenvalue weighted by atomic mass is 32.2. The number of amides is 3. The van der Waals surface area contributed by atoms with E-state index in [4.69, 9.17) is 9.47 Å². The highest BCUT2D eigenvalue weighted by molar-refractivity contribution is 8.14. The van der Waals surface area contributed by atoms with Gasteiger partial charge >= 0.3 is 12.4 Å². The molecule has 0 saturated carbocycles. The van der Waals surface area contributed by atoms with Crippen LogP contribution < -0.4 is 24.4 Å². The van der Waals surface area contributed by atoms with E-state index in [1.807, 2.05) is 13.8 Å². The van der Waals surface area contributed by atoms with Gasteiger partial charge in [0.25, 0.3) is 0 Å². The van der Waals surface area contributed by atoms with Crippen LogP contribution in [-0.4, -0.2) is 57.8 Å². The van der Waals surface area contributed by atoms with Crippen molar-refractivity contribution in [3.8, 4) is 34.3 Å². The summed E-state index contributed by atoms with van der Waals surface area (Å²) in [6.45, 7) is 3.91. The van der Waals surface area contributed by atoms with Gasteiger partial charge in [-0.2, -0.15) is 4.99 Å². The van der Waals surface area contributed by atoms with E-state index in [2.05, 4.69) is 25.1 Å². The van der Waals surface area contributed by atoms with Crippen LogP contribution in [0, 0.1) is 0 Å². The highest BCUT2D eigenvalue weighted by Gasteiger charge is 2.31. The number of nitrogens with one attached hydrogen (secondary N) is 1. The molecule has 44 heavy (non-hydrogen) atoms. The monoisotopic (exact) mass is 628 g/mol. The minimum absolute atomic E-state index is 0.175. The zero-order chi connectivity index (χ0) is 31.5. The molecule has 4 aromatic rings. The molecule has 0 atom stereocenters. The number of benzene rings is 3. The fraction of sp³-hybridized carbons (Fsp3) is 0.207. The lowest BCUT2D eigenvalue weighted by Crippen LogP contribution is -2.32. The molecule has 3 aromatic carbocycles. The number of aliphatic imine (C=N–C) groups is 1. The van der Waals surface area contributed by atoms with E-state index in [-0.39, 0.29) is 17.6 Å². The number of nitrogens with zero attached hydrogens (tertiary/aromatic N) is 5. The first-order chi connectivity index (χ1) is 21.2. The first-order valence-electron chi connectivity index (χ1n) is 13.2. The van der Waals surface area contributed by atoms with Crippen molar-refractivity contribution in [2.45, 2.75) is 20.2 Å². The minimum atomic E-state index is -4.77. The van der Waals surface area contributed by atoms with E-state index in [9.17, 15) is 22.8 Å². The third-order valence-corrected chi connectivity index (χ3v) is 6.44. The van der Waals surface area contributed by atoms with Gasteiger partial charge < -0.3 is 19.5 Å². The molecular weight excluding hydrogens is 601 g/mol. The maximum Gasteiger partial charge on any atom is 0.573 e. The minimum Gasteiger partial charge on any atom is -0.492 e. The average molecular weight is 629 g/mol. The number of ether oxygens (including phenoxy) is 3. The summed E-state index contributed by atoms with van der Waals surface area (Å²) in [6.07, 6.45) is -2.77. The number of amidine groups is 1. The van der Waals surface area contributed by atoms with Crippen LogP contribution in [0.1, 0.15) is 13.8 Å². The van der Waals surface area contributed by atoms with Gasteiger partial charge in [0, 0.05) is 5.56 Å². The molecule has 1 N–H and O–H groups in total. The number of carbonyl (C=O) groups is 2. The Balaban J connectivity index is 1.35. The van der Waals surface area contributed by atoms with Crippen molar-refractivity contribution in [3.63, 3.8) is 0 Å². The maximum atomic E-state index is 12.6. The van der Waals surface area contributed by atoms with Crippen LogP contribution in [0.25, 0.3) is 17.1 Å². The number of urea groups is 1. The van der Waals surface area contributed by atoms with Crippen LogP contribution in [-0.2, 0) is 4.79 Å².